The lowest BCUT2D eigenvalue weighted by atomic mass is 9.91. The maximum Gasteiger partial charge on any atom is 0.422 e. The van der Waals surface area contributed by atoms with E-state index in [1.807, 2.05) is 20.8 Å². The minimum atomic E-state index is -4.42. The van der Waals surface area contributed by atoms with Crippen molar-refractivity contribution < 1.29 is 27.4 Å². The molecule has 4 nitrogen and oxygen atoms in total. The van der Waals surface area contributed by atoms with Crippen LogP contribution in [0, 0.1) is 5.41 Å². The van der Waals surface area contributed by atoms with Gasteiger partial charge in [0.1, 0.15) is 0 Å². The number of carbonyl (C=O) groups excluding carboxylic acids is 1. The van der Waals surface area contributed by atoms with E-state index in [1.54, 1.807) is 19.1 Å². The number of hydrogen-bond acceptors (Lipinski definition) is 3. The third-order valence-electron chi connectivity index (χ3n) is 3.15. The van der Waals surface area contributed by atoms with Gasteiger partial charge in [-0.2, -0.15) is 13.2 Å². The van der Waals surface area contributed by atoms with E-state index in [9.17, 15) is 18.0 Å². The largest absolute Gasteiger partial charge is 0.493 e. The maximum absolute atomic E-state index is 12.2. The van der Waals surface area contributed by atoms with Gasteiger partial charge >= 0.3 is 6.18 Å². The molecule has 0 aliphatic carbocycles. The molecule has 0 radical (unpaired) electrons. The molecule has 1 rings (SSSR count). The minimum Gasteiger partial charge on any atom is -0.493 e. The second kappa shape index (κ2) is 7.77. The summed E-state index contributed by atoms with van der Waals surface area (Å²) >= 11 is 0. The first-order chi connectivity index (χ1) is 10.9. The van der Waals surface area contributed by atoms with Crippen molar-refractivity contribution in [1.29, 1.82) is 0 Å². The monoisotopic (exact) mass is 347 g/mol. The molecule has 1 N–H and O–H groups in total. The Kier molecular flexibility index (Phi) is 6.51. The number of halogens is 3. The number of rotatable bonds is 6. The molecule has 0 fully saturated rings. The van der Waals surface area contributed by atoms with E-state index in [0.29, 0.717) is 12.0 Å². The minimum absolute atomic E-state index is 0.00629. The highest BCUT2D eigenvalue weighted by Crippen LogP contribution is 2.31. The summed E-state index contributed by atoms with van der Waals surface area (Å²) in [6.45, 7) is 6.30. The van der Waals surface area contributed by atoms with Gasteiger partial charge in [0.2, 0.25) is 5.91 Å². The smallest absolute Gasteiger partial charge is 0.422 e. The first-order valence-corrected chi connectivity index (χ1v) is 7.58. The van der Waals surface area contributed by atoms with Crippen LogP contribution in [0.15, 0.2) is 18.2 Å². The lowest BCUT2D eigenvalue weighted by Crippen LogP contribution is -2.30. The fraction of sp³-hybridized carbons (Fsp3) is 0.588. The van der Waals surface area contributed by atoms with Gasteiger partial charge in [-0.15, -0.1) is 0 Å². The van der Waals surface area contributed by atoms with Crippen LogP contribution in [0.2, 0.25) is 0 Å². The number of alkyl halides is 3. The Labute approximate surface area is 140 Å². The molecule has 1 aromatic rings. The molecule has 0 spiro atoms. The Morgan fingerprint density at radius 2 is 1.83 bits per heavy atom. The number of hydrogen-bond donors (Lipinski definition) is 1. The van der Waals surface area contributed by atoms with Gasteiger partial charge in [-0.1, -0.05) is 26.8 Å². The second-order valence-electron chi connectivity index (χ2n) is 6.84. The molecule has 0 aliphatic rings. The standard InChI is InChI=1S/C17H24F3NO3/c1-11(21-15(22)9-16(2,3)4)12-6-7-13(14(8-12)23-5)24-10-17(18,19)20/h6-8,11H,9-10H2,1-5H3,(H,21,22). The summed E-state index contributed by atoms with van der Waals surface area (Å²) < 4.78 is 46.6. The van der Waals surface area contributed by atoms with E-state index in [0.717, 1.165) is 0 Å². The number of nitrogens with one attached hydrogen (secondary N) is 1. The fourth-order valence-corrected chi connectivity index (χ4v) is 2.09. The van der Waals surface area contributed by atoms with Crippen LogP contribution in [0.4, 0.5) is 13.2 Å². The molecule has 1 unspecified atom stereocenters. The van der Waals surface area contributed by atoms with Gasteiger partial charge in [-0.05, 0) is 30.0 Å². The van der Waals surface area contributed by atoms with Crippen molar-refractivity contribution in [1.82, 2.24) is 5.32 Å². The highest BCUT2D eigenvalue weighted by Gasteiger charge is 2.29. The van der Waals surface area contributed by atoms with Crippen molar-refractivity contribution in [2.24, 2.45) is 5.41 Å². The SMILES string of the molecule is COc1cc(C(C)NC(=O)CC(C)(C)C)ccc1OCC(F)(F)F. The van der Waals surface area contributed by atoms with Crippen LogP contribution < -0.4 is 14.8 Å². The van der Waals surface area contributed by atoms with Gasteiger partial charge in [0.15, 0.2) is 18.1 Å². The van der Waals surface area contributed by atoms with Crippen molar-refractivity contribution in [2.45, 2.75) is 46.3 Å². The molecule has 0 aliphatic heterocycles. The van der Waals surface area contributed by atoms with Crippen LogP contribution >= 0.6 is 0 Å². The summed E-state index contributed by atoms with van der Waals surface area (Å²) in [5, 5.41) is 2.86. The van der Waals surface area contributed by atoms with Gasteiger partial charge in [-0.3, -0.25) is 4.79 Å². The quantitative estimate of drug-likeness (QED) is 0.837. The van der Waals surface area contributed by atoms with Crippen LogP contribution in [0.1, 0.15) is 45.7 Å². The maximum atomic E-state index is 12.2. The van der Waals surface area contributed by atoms with Crippen LogP contribution in [-0.4, -0.2) is 25.8 Å². The Morgan fingerprint density at radius 1 is 1.21 bits per heavy atom. The summed E-state index contributed by atoms with van der Waals surface area (Å²) in [4.78, 5) is 12.0. The number of ether oxygens (including phenoxy) is 2. The molecular formula is C17H24F3NO3. The second-order valence-corrected chi connectivity index (χ2v) is 6.84. The summed E-state index contributed by atoms with van der Waals surface area (Å²) in [5.41, 5.74) is 0.588. The average molecular weight is 347 g/mol. The number of methoxy groups -OCH3 is 1. The van der Waals surface area contributed by atoms with Crippen LogP contribution in [-0.2, 0) is 4.79 Å². The van der Waals surface area contributed by atoms with Crippen LogP contribution in [0.3, 0.4) is 0 Å². The topological polar surface area (TPSA) is 47.6 Å². The van der Waals surface area contributed by atoms with Crippen molar-refractivity contribution in [2.75, 3.05) is 13.7 Å². The van der Waals surface area contributed by atoms with Crippen molar-refractivity contribution >= 4 is 5.91 Å². The van der Waals surface area contributed by atoms with Gasteiger partial charge in [0.05, 0.1) is 13.2 Å². The highest BCUT2D eigenvalue weighted by atomic mass is 19.4. The third-order valence-corrected chi connectivity index (χ3v) is 3.15. The zero-order valence-electron chi connectivity index (χ0n) is 14.6. The molecule has 0 saturated heterocycles. The van der Waals surface area contributed by atoms with Crippen molar-refractivity contribution in [3.8, 4) is 11.5 Å². The van der Waals surface area contributed by atoms with Gasteiger partial charge in [-0.25, -0.2) is 0 Å². The first kappa shape index (κ1) is 20.1. The number of amides is 1. The molecule has 1 atom stereocenters. The van der Waals surface area contributed by atoms with E-state index in [-0.39, 0.29) is 28.9 Å². The first-order valence-electron chi connectivity index (χ1n) is 7.58. The van der Waals surface area contributed by atoms with Crippen LogP contribution in [0.25, 0.3) is 0 Å². The Bertz CT molecular complexity index is 565. The summed E-state index contributed by atoms with van der Waals surface area (Å²) in [6.07, 6.45) is -4.04. The Balaban J connectivity index is 2.80. The lowest BCUT2D eigenvalue weighted by molar-refractivity contribution is -0.153. The van der Waals surface area contributed by atoms with E-state index in [1.165, 1.54) is 13.2 Å². The molecule has 136 valence electrons. The molecule has 24 heavy (non-hydrogen) atoms. The third kappa shape index (κ3) is 7.10. The molecular weight excluding hydrogens is 323 g/mol. The zero-order valence-corrected chi connectivity index (χ0v) is 14.6. The molecule has 1 amide bonds. The predicted molar refractivity (Wildman–Crippen MR) is 85.2 cm³/mol. The average Bonchev–Trinajstić information content (AvgIpc) is 2.41. The number of benzene rings is 1. The lowest BCUT2D eigenvalue weighted by Gasteiger charge is -2.21. The normalized spacial score (nSPS) is 13.3. The Hall–Kier alpha value is -1.92. The molecule has 7 heteroatoms. The van der Waals surface area contributed by atoms with Gasteiger partial charge in [0.25, 0.3) is 0 Å². The predicted octanol–water partition coefficient (Wildman–Crippen LogP) is 4.25. The van der Waals surface area contributed by atoms with Crippen molar-refractivity contribution in [3.63, 3.8) is 0 Å². The van der Waals surface area contributed by atoms with E-state index >= 15 is 0 Å². The van der Waals surface area contributed by atoms with E-state index < -0.39 is 12.8 Å². The fourth-order valence-electron chi connectivity index (χ4n) is 2.09. The summed E-state index contributed by atoms with van der Waals surface area (Å²) in [5.74, 6) is 0.104. The summed E-state index contributed by atoms with van der Waals surface area (Å²) in [6, 6.07) is 4.28. The van der Waals surface area contributed by atoms with E-state index in [4.69, 9.17) is 9.47 Å². The van der Waals surface area contributed by atoms with Gasteiger partial charge < -0.3 is 14.8 Å². The molecule has 0 bridgehead atoms. The highest BCUT2D eigenvalue weighted by molar-refractivity contribution is 5.77. The zero-order chi connectivity index (χ0) is 18.5. The van der Waals surface area contributed by atoms with Crippen LogP contribution in [0.5, 0.6) is 11.5 Å². The molecule has 0 saturated carbocycles. The van der Waals surface area contributed by atoms with Gasteiger partial charge in [0, 0.05) is 6.42 Å². The summed E-state index contributed by atoms with van der Waals surface area (Å²) in [7, 11) is 1.35. The van der Waals surface area contributed by atoms with E-state index in [2.05, 4.69) is 5.32 Å². The molecule has 1 aromatic carbocycles. The Morgan fingerprint density at radius 3 is 2.33 bits per heavy atom. The van der Waals surface area contributed by atoms with Crippen molar-refractivity contribution in [3.05, 3.63) is 23.8 Å². The molecule has 0 heterocycles. The number of carbonyl (C=O) groups is 1. The molecule has 0 aromatic heterocycles.